The summed E-state index contributed by atoms with van der Waals surface area (Å²) >= 11 is 0. The molecule has 2 heterocycles. The molecule has 1 amide bonds. The molecule has 1 aliphatic rings. The average Bonchev–Trinajstić information content (AvgIpc) is 2.78. The molecule has 0 spiro atoms. The molecule has 12 heteroatoms. The van der Waals surface area contributed by atoms with Gasteiger partial charge < -0.3 is 10.6 Å². The lowest BCUT2D eigenvalue weighted by Crippen LogP contribution is -2.42. The van der Waals surface area contributed by atoms with Crippen LogP contribution >= 0.6 is 10.6 Å². The Bertz CT molecular complexity index is 1230. The SMILES string of the molecule is Nc1cnc(-c2ccc(-c3ccc(C(F)(F)F)cc3C(=O)N3CCS(O)(O)CC3)cc2F)cn1. The number of benzene rings is 2. The summed E-state index contributed by atoms with van der Waals surface area (Å²) in [5.41, 5.74) is 4.86. The van der Waals surface area contributed by atoms with Gasteiger partial charge in [-0.25, -0.2) is 9.37 Å². The highest BCUT2D eigenvalue weighted by atomic mass is 32.3. The highest BCUT2D eigenvalue weighted by Crippen LogP contribution is 2.41. The van der Waals surface area contributed by atoms with Crippen molar-refractivity contribution < 1.29 is 31.5 Å². The number of nitrogens with two attached hydrogens (primary N) is 1. The third-order valence-electron chi connectivity index (χ3n) is 5.47. The molecule has 1 saturated heterocycles. The van der Waals surface area contributed by atoms with E-state index in [1.807, 2.05) is 0 Å². The Balaban J connectivity index is 1.75. The van der Waals surface area contributed by atoms with E-state index in [0.29, 0.717) is 0 Å². The number of aromatic nitrogens is 2. The fourth-order valence-electron chi connectivity index (χ4n) is 3.62. The van der Waals surface area contributed by atoms with Crippen LogP contribution in [0.3, 0.4) is 0 Å². The fourth-order valence-corrected chi connectivity index (χ4v) is 4.85. The Labute approximate surface area is 193 Å². The lowest BCUT2D eigenvalue weighted by atomic mass is 9.95. The van der Waals surface area contributed by atoms with Crippen molar-refractivity contribution in [2.45, 2.75) is 6.18 Å². The second-order valence-corrected chi connectivity index (χ2v) is 10.2. The van der Waals surface area contributed by atoms with Gasteiger partial charge in [0.1, 0.15) is 11.6 Å². The number of alkyl halides is 3. The number of amides is 1. The second kappa shape index (κ2) is 8.85. The molecule has 0 saturated carbocycles. The average molecular weight is 496 g/mol. The molecule has 0 unspecified atom stereocenters. The van der Waals surface area contributed by atoms with Crippen molar-refractivity contribution in [3.8, 4) is 22.4 Å². The first-order valence-electron chi connectivity index (χ1n) is 10.1. The molecular formula is C22H20F4N4O3S. The van der Waals surface area contributed by atoms with E-state index in [9.17, 15) is 31.5 Å². The van der Waals surface area contributed by atoms with Crippen molar-refractivity contribution in [3.05, 3.63) is 65.7 Å². The Hall–Kier alpha value is -3.22. The Morgan fingerprint density at radius 2 is 1.68 bits per heavy atom. The maximum Gasteiger partial charge on any atom is 0.416 e. The van der Waals surface area contributed by atoms with E-state index in [1.54, 1.807) is 0 Å². The van der Waals surface area contributed by atoms with Crippen LogP contribution in [0.4, 0.5) is 23.4 Å². The minimum atomic E-state index is -4.69. The summed E-state index contributed by atoms with van der Waals surface area (Å²) in [5.74, 6) is -1.36. The highest BCUT2D eigenvalue weighted by Gasteiger charge is 2.34. The molecule has 4 N–H and O–H groups in total. The van der Waals surface area contributed by atoms with Crippen LogP contribution in [0.15, 0.2) is 48.8 Å². The Morgan fingerprint density at radius 1 is 1.00 bits per heavy atom. The highest BCUT2D eigenvalue weighted by molar-refractivity contribution is 8.24. The molecule has 1 fully saturated rings. The van der Waals surface area contributed by atoms with Gasteiger partial charge in [-0.3, -0.25) is 18.9 Å². The van der Waals surface area contributed by atoms with E-state index in [2.05, 4.69) is 9.97 Å². The predicted molar refractivity (Wildman–Crippen MR) is 121 cm³/mol. The molecule has 0 radical (unpaired) electrons. The lowest BCUT2D eigenvalue weighted by molar-refractivity contribution is -0.137. The van der Waals surface area contributed by atoms with Gasteiger partial charge >= 0.3 is 6.18 Å². The molecule has 2 aromatic carbocycles. The normalized spacial score (nSPS) is 16.8. The first-order chi connectivity index (χ1) is 15.9. The molecule has 1 aliphatic heterocycles. The predicted octanol–water partition coefficient (Wildman–Crippen LogP) is 4.76. The largest absolute Gasteiger partial charge is 0.416 e. The standard InChI is InChI=1S/C22H20F4N4O3S/c23-18-9-13(1-3-16(18)19-11-29-20(27)12-28-19)15-4-2-14(22(24,25)26)10-17(15)21(31)30-5-7-34(32,33)8-6-30/h1-4,9-12,32-33H,5-8H2,(H2,27,29). The van der Waals surface area contributed by atoms with Crippen molar-refractivity contribution in [2.75, 3.05) is 30.3 Å². The summed E-state index contributed by atoms with van der Waals surface area (Å²) in [5, 5.41) is 0. The summed E-state index contributed by atoms with van der Waals surface area (Å²) in [6, 6.07) is 6.68. The summed E-state index contributed by atoms with van der Waals surface area (Å²) < 4.78 is 74.6. The number of hydrogen-bond acceptors (Lipinski definition) is 6. The zero-order valence-electron chi connectivity index (χ0n) is 17.6. The minimum Gasteiger partial charge on any atom is -0.382 e. The van der Waals surface area contributed by atoms with Gasteiger partial charge in [0.05, 0.1) is 35.2 Å². The van der Waals surface area contributed by atoms with Crippen LogP contribution in [0.5, 0.6) is 0 Å². The Kier molecular flexibility index (Phi) is 6.23. The number of hydrogen-bond donors (Lipinski definition) is 3. The maximum atomic E-state index is 14.9. The van der Waals surface area contributed by atoms with Crippen molar-refractivity contribution in [1.29, 1.82) is 0 Å². The van der Waals surface area contributed by atoms with E-state index in [0.717, 1.165) is 24.3 Å². The second-order valence-electron chi connectivity index (χ2n) is 7.78. The third-order valence-corrected chi connectivity index (χ3v) is 7.14. The van der Waals surface area contributed by atoms with Gasteiger partial charge in [0.2, 0.25) is 0 Å². The molecular weight excluding hydrogens is 476 g/mol. The smallest absolute Gasteiger partial charge is 0.382 e. The van der Waals surface area contributed by atoms with Crippen LogP contribution in [0.2, 0.25) is 0 Å². The lowest BCUT2D eigenvalue weighted by Gasteiger charge is -2.41. The van der Waals surface area contributed by atoms with Crippen molar-refractivity contribution in [1.82, 2.24) is 14.9 Å². The van der Waals surface area contributed by atoms with Crippen LogP contribution in [-0.2, 0) is 6.18 Å². The molecule has 0 bridgehead atoms. The number of rotatable bonds is 3. The van der Waals surface area contributed by atoms with Gasteiger partial charge in [-0.1, -0.05) is 12.1 Å². The summed E-state index contributed by atoms with van der Waals surface area (Å²) in [6.07, 6.45) is -2.13. The van der Waals surface area contributed by atoms with Crippen LogP contribution < -0.4 is 5.73 Å². The van der Waals surface area contributed by atoms with E-state index in [1.165, 1.54) is 29.4 Å². The first kappa shape index (κ1) is 23.9. The van der Waals surface area contributed by atoms with E-state index in [4.69, 9.17) is 5.73 Å². The van der Waals surface area contributed by atoms with Crippen LogP contribution in [0, 0.1) is 5.82 Å². The van der Waals surface area contributed by atoms with Gasteiger partial charge in [-0.05, 0) is 35.4 Å². The molecule has 4 rings (SSSR count). The van der Waals surface area contributed by atoms with Gasteiger partial charge in [-0.15, -0.1) is 0 Å². The van der Waals surface area contributed by atoms with Crippen LogP contribution in [-0.4, -0.2) is 54.5 Å². The molecule has 34 heavy (non-hydrogen) atoms. The van der Waals surface area contributed by atoms with Crippen molar-refractivity contribution in [2.24, 2.45) is 0 Å². The number of carbonyl (C=O) groups excluding carboxylic acids is 1. The van der Waals surface area contributed by atoms with Crippen LogP contribution in [0.1, 0.15) is 15.9 Å². The molecule has 1 aromatic heterocycles. The monoisotopic (exact) mass is 496 g/mol. The van der Waals surface area contributed by atoms with E-state index < -0.39 is 34.1 Å². The maximum absolute atomic E-state index is 14.9. The number of nitrogens with zero attached hydrogens (tertiary/aromatic N) is 3. The topological polar surface area (TPSA) is 113 Å². The molecule has 0 aliphatic carbocycles. The van der Waals surface area contributed by atoms with Crippen molar-refractivity contribution in [3.63, 3.8) is 0 Å². The van der Waals surface area contributed by atoms with Crippen LogP contribution in [0.25, 0.3) is 22.4 Å². The van der Waals surface area contributed by atoms with E-state index in [-0.39, 0.29) is 58.4 Å². The number of halogens is 4. The van der Waals surface area contributed by atoms with Crippen molar-refractivity contribution >= 4 is 22.3 Å². The molecule has 7 nitrogen and oxygen atoms in total. The zero-order valence-corrected chi connectivity index (χ0v) is 18.4. The number of anilines is 1. The molecule has 180 valence electrons. The number of carbonyl (C=O) groups is 1. The first-order valence-corrected chi connectivity index (χ1v) is 11.9. The summed E-state index contributed by atoms with van der Waals surface area (Å²) in [6.45, 7) is -0.0279. The van der Waals surface area contributed by atoms with Gasteiger partial charge in [0, 0.05) is 24.2 Å². The summed E-state index contributed by atoms with van der Waals surface area (Å²) in [4.78, 5) is 22.3. The van der Waals surface area contributed by atoms with Gasteiger partial charge in [0.15, 0.2) is 0 Å². The fraction of sp³-hybridized carbons (Fsp3) is 0.227. The summed E-state index contributed by atoms with van der Waals surface area (Å²) in [7, 11) is -2.81. The quantitative estimate of drug-likeness (QED) is 0.451. The van der Waals surface area contributed by atoms with Gasteiger partial charge in [-0.2, -0.15) is 23.8 Å². The molecule has 0 atom stereocenters. The minimum absolute atomic E-state index is 0.0139. The number of nitrogen functional groups attached to an aromatic ring is 1. The molecule has 3 aromatic rings. The van der Waals surface area contributed by atoms with Gasteiger partial charge in [0.25, 0.3) is 5.91 Å². The van der Waals surface area contributed by atoms with E-state index >= 15 is 0 Å². The zero-order chi connectivity index (χ0) is 24.7. The third kappa shape index (κ3) is 4.98. The Morgan fingerprint density at radius 3 is 2.26 bits per heavy atom.